The highest BCUT2D eigenvalue weighted by molar-refractivity contribution is 9.10. The van der Waals surface area contributed by atoms with Crippen molar-refractivity contribution in [2.75, 3.05) is 19.3 Å². The Balaban J connectivity index is 1.52. The van der Waals surface area contributed by atoms with Crippen molar-refractivity contribution in [1.82, 2.24) is 14.4 Å². The largest absolute Gasteiger partial charge is 0.339 e. The Kier molecular flexibility index (Phi) is 6.10. The average molecular weight is 494 g/mol. The topological polar surface area (TPSA) is 76.3 Å². The molecule has 2 aromatic carbocycles. The van der Waals surface area contributed by atoms with Crippen molar-refractivity contribution >= 4 is 37.7 Å². The van der Waals surface area contributed by atoms with Gasteiger partial charge in [0.1, 0.15) is 0 Å². The summed E-state index contributed by atoms with van der Waals surface area (Å²) in [6, 6.07) is 14.7. The number of benzene rings is 2. The first-order chi connectivity index (χ1) is 14.0. The van der Waals surface area contributed by atoms with Gasteiger partial charge >= 0.3 is 0 Å². The van der Waals surface area contributed by atoms with Crippen molar-refractivity contribution < 1.29 is 12.9 Å². The fraction of sp³-hybridized carbons (Fsp3) is 0.300. The molecule has 0 aliphatic carbocycles. The van der Waals surface area contributed by atoms with Gasteiger partial charge in [-0.15, -0.1) is 11.8 Å². The molecule has 0 spiro atoms. The summed E-state index contributed by atoms with van der Waals surface area (Å²) in [4.78, 5) is 6.01. The fourth-order valence-electron chi connectivity index (χ4n) is 3.38. The molecule has 9 heteroatoms. The number of sulfonamides is 1. The van der Waals surface area contributed by atoms with Gasteiger partial charge in [0.05, 0.1) is 10.8 Å². The second kappa shape index (κ2) is 8.59. The summed E-state index contributed by atoms with van der Waals surface area (Å²) in [7, 11) is -3.55. The van der Waals surface area contributed by atoms with Crippen molar-refractivity contribution in [3.63, 3.8) is 0 Å². The second-order valence-corrected chi connectivity index (χ2v) is 10.6. The highest BCUT2D eigenvalue weighted by atomic mass is 79.9. The molecule has 1 aliphatic heterocycles. The van der Waals surface area contributed by atoms with E-state index in [0.717, 1.165) is 22.9 Å². The summed E-state index contributed by atoms with van der Waals surface area (Å²) >= 11 is 5.01. The van der Waals surface area contributed by atoms with Gasteiger partial charge in [0.15, 0.2) is 0 Å². The lowest BCUT2D eigenvalue weighted by Crippen LogP contribution is -2.39. The van der Waals surface area contributed by atoms with E-state index in [1.54, 1.807) is 36.0 Å². The van der Waals surface area contributed by atoms with Gasteiger partial charge in [0.25, 0.3) is 0 Å². The van der Waals surface area contributed by atoms with Crippen LogP contribution >= 0.6 is 27.7 Å². The minimum absolute atomic E-state index is 0.110. The van der Waals surface area contributed by atoms with Gasteiger partial charge in [-0.05, 0) is 67.6 Å². The molecule has 1 saturated heterocycles. The lowest BCUT2D eigenvalue weighted by molar-refractivity contribution is 0.265. The van der Waals surface area contributed by atoms with Crippen molar-refractivity contribution in [3.8, 4) is 11.4 Å². The van der Waals surface area contributed by atoms with E-state index in [9.17, 15) is 8.42 Å². The molecule has 3 aromatic rings. The van der Waals surface area contributed by atoms with Gasteiger partial charge in [-0.3, -0.25) is 0 Å². The van der Waals surface area contributed by atoms with E-state index in [1.807, 2.05) is 30.5 Å². The maximum absolute atomic E-state index is 13.0. The number of halogens is 1. The van der Waals surface area contributed by atoms with Gasteiger partial charge in [0.2, 0.25) is 21.7 Å². The molecule has 0 bridgehead atoms. The summed E-state index contributed by atoms with van der Waals surface area (Å²) in [5, 5.41) is 4.11. The van der Waals surface area contributed by atoms with Crippen LogP contribution in [0.2, 0.25) is 0 Å². The number of hydrogen-bond acceptors (Lipinski definition) is 6. The number of nitrogens with zero attached hydrogens (tertiary/aromatic N) is 3. The van der Waals surface area contributed by atoms with Crippen molar-refractivity contribution in [2.24, 2.45) is 0 Å². The zero-order valence-corrected chi connectivity index (χ0v) is 19.0. The van der Waals surface area contributed by atoms with Crippen LogP contribution in [-0.4, -0.2) is 42.2 Å². The smallest absolute Gasteiger partial charge is 0.243 e. The molecule has 0 saturated carbocycles. The van der Waals surface area contributed by atoms with Gasteiger partial charge in [0, 0.05) is 28.0 Å². The highest BCUT2D eigenvalue weighted by Crippen LogP contribution is 2.31. The molecule has 6 nitrogen and oxygen atoms in total. The van der Waals surface area contributed by atoms with E-state index in [-0.39, 0.29) is 5.92 Å². The van der Waals surface area contributed by atoms with E-state index in [4.69, 9.17) is 4.52 Å². The molecule has 1 aliphatic rings. The third kappa shape index (κ3) is 4.42. The van der Waals surface area contributed by atoms with Crippen LogP contribution in [0.5, 0.6) is 0 Å². The molecule has 2 heterocycles. The normalized spacial score (nSPS) is 18.1. The Morgan fingerprint density at radius 3 is 2.55 bits per heavy atom. The summed E-state index contributed by atoms with van der Waals surface area (Å²) in [6.07, 6.45) is 3.60. The molecular weight excluding hydrogens is 474 g/mol. The first-order valence-corrected chi connectivity index (χ1v) is 12.7. The standard InChI is InChI=1S/C20H20BrN3O3S2/c1-28-17-8-4-14(5-9-17)19-22-20(27-23-19)15-3-2-12-24(13-15)29(25,26)18-10-6-16(21)7-11-18/h4-11,15H,2-3,12-13H2,1H3. The van der Waals surface area contributed by atoms with Crippen LogP contribution in [0.3, 0.4) is 0 Å². The molecular formula is C20H20BrN3O3S2. The molecule has 0 radical (unpaired) electrons. The van der Waals surface area contributed by atoms with Crippen LogP contribution in [0.25, 0.3) is 11.4 Å². The highest BCUT2D eigenvalue weighted by Gasteiger charge is 2.33. The first-order valence-electron chi connectivity index (χ1n) is 9.21. The van der Waals surface area contributed by atoms with Crippen LogP contribution < -0.4 is 0 Å². The molecule has 0 amide bonds. The zero-order valence-electron chi connectivity index (χ0n) is 15.8. The third-order valence-electron chi connectivity index (χ3n) is 4.97. The number of aromatic nitrogens is 2. The van der Waals surface area contributed by atoms with Gasteiger partial charge in [-0.1, -0.05) is 21.1 Å². The van der Waals surface area contributed by atoms with E-state index in [0.29, 0.717) is 29.7 Å². The number of hydrogen-bond donors (Lipinski definition) is 0. The Morgan fingerprint density at radius 2 is 1.86 bits per heavy atom. The lowest BCUT2D eigenvalue weighted by atomic mass is 10.00. The van der Waals surface area contributed by atoms with Gasteiger partial charge in [-0.2, -0.15) is 9.29 Å². The predicted molar refractivity (Wildman–Crippen MR) is 116 cm³/mol. The van der Waals surface area contributed by atoms with E-state index in [1.165, 1.54) is 9.20 Å². The molecule has 29 heavy (non-hydrogen) atoms. The van der Waals surface area contributed by atoms with Crippen molar-refractivity contribution in [1.29, 1.82) is 0 Å². The number of rotatable bonds is 5. The third-order valence-corrected chi connectivity index (χ3v) is 8.13. The average Bonchev–Trinajstić information content (AvgIpc) is 3.24. The van der Waals surface area contributed by atoms with Crippen LogP contribution in [0.15, 0.2) is 67.3 Å². The first kappa shape index (κ1) is 20.6. The SMILES string of the molecule is CSc1ccc(-c2noc(C3CCCN(S(=O)(=O)c4ccc(Br)cc4)C3)n2)cc1. The van der Waals surface area contributed by atoms with Crippen LogP contribution in [0, 0.1) is 0 Å². The zero-order chi connectivity index (χ0) is 20.4. The van der Waals surface area contributed by atoms with Crippen molar-refractivity contribution in [2.45, 2.75) is 28.6 Å². The fourth-order valence-corrected chi connectivity index (χ4v) is 5.57. The van der Waals surface area contributed by atoms with E-state index < -0.39 is 10.0 Å². The molecule has 1 unspecified atom stereocenters. The van der Waals surface area contributed by atoms with E-state index in [2.05, 4.69) is 26.1 Å². The second-order valence-electron chi connectivity index (χ2n) is 6.84. The van der Waals surface area contributed by atoms with Gasteiger partial charge in [-0.25, -0.2) is 8.42 Å². The summed E-state index contributed by atoms with van der Waals surface area (Å²) in [5.74, 6) is 0.908. The molecule has 152 valence electrons. The summed E-state index contributed by atoms with van der Waals surface area (Å²) < 4.78 is 33.9. The van der Waals surface area contributed by atoms with Crippen LogP contribution in [0.4, 0.5) is 0 Å². The van der Waals surface area contributed by atoms with Gasteiger partial charge < -0.3 is 4.52 Å². The minimum atomic E-state index is -3.55. The summed E-state index contributed by atoms with van der Waals surface area (Å²) in [6.45, 7) is 0.831. The monoisotopic (exact) mass is 493 g/mol. The quantitative estimate of drug-likeness (QED) is 0.475. The van der Waals surface area contributed by atoms with Crippen molar-refractivity contribution in [3.05, 3.63) is 58.9 Å². The molecule has 4 rings (SSSR count). The molecule has 0 N–H and O–H groups in total. The Labute approximate surface area is 182 Å². The van der Waals surface area contributed by atoms with Crippen LogP contribution in [-0.2, 0) is 10.0 Å². The number of thioether (sulfide) groups is 1. The molecule has 1 fully saturated rings. The van der Waals surface area contributed by atoms with Crippen LogP contribution in [0.1, 0.15) is 24.7 Å². The Hall–Kier alpha value is -1.68. The Bertz CT molecular complexity index is 1080. The lowest BCUT2D eigenvalue weighted by Gasteiger charge is -2.30. The maximum Gasteiger partial charge on any atom is 0.243 e. The molecule has 1 aromatic heterocycles. The van der Waals surface area contributed by atoms with E-state index >= 15 is 0 Å². The molecule has 1 atom stereocenters. The summed E-state index contributed by atoms with van der Waals surface area (Å²) in [5.41, 5.74) is 0.882. The predicted octanol–water partition coefficient (Wildman–Crippen LogP) is 4.79. The Morgan fingerprint density at radius 1 is 1.14 bits per heavy atom. The minimum Gasteiger partial charge on any atom is -0.339 e. The number of piperidine rings is 1. The maximum atomic E-state index is 13.0.